The molecule has 0 saturated carbocycles. The molecule has 0 aliphatic heterocycles. The predicted octanol–water partition coefficient (Wildman–Crippen LogP) is 0.706. The lowest BCUT2D eigenvalue weighted by atomic mass is 9.99. The summed E-state index contributed by atoms with van der Waals surface area (Å²) in [5.41, 5.74) is 0.236. The molecule has 6 N–H and O–H groups in total. The van der Waals surface area contributed by atoms with Gasteiger partial charge in [-0.2, -0.15) is 0 Å². The van der Waals surface area contributed by atoms with Crippen LogP contribution in [0.5, 0.6) is 0 Å². The van der Waals surface area contributed by atoms with Crippen LogP contribution in [0.4, 0.5) is 0 Å². The number of nitrogens with zero attached hydrogens (tertiary/aromatic N) is 3. The van der Waals surface area contributed by atoms with Crippen LogP contribution in [0.1, 0.15) is 54.4 Å². The van der Waals surface area contributed by atoms with E-state index in [1.54, 1.807) is 13.8 Å². The lowest BCUT2D eigenvalue weighted by molar-refractivity contribution is -0.138. The molecule has 31 heavy (non-hydrogen) atoms. The largest absolute Gasteiger partial charge is 0.481 e. The van der Waals surface area contributed by atoms with Crippen LogP contribution in [-0.4, -0.2) is 94.1 Å². The van der Waals surface area contributed by atoms with Crippen LogP contribution in [0.25, 0.3) is 0 Å². The molecular weight excluding hydrogens is 404 g/mol. The summed E-state index contributed by atoms with van der Waals surface area (Å²) in [5, 5.41) is 42.7. The smallest absolute Gasteiger partial charge is 0.303 e. The minimum absolute atomic E-state index is 0.0413. The van der Waals surface area contributed by atoms with Crippen LogP contribution in [0.3, 0.4) is 0 Å². The molecule has 180 valence electrons. The van der Waals surface area contributed by atoms with Crippen LogP contribution < -0.4 is 16.0 Å². The van der Waals surface area contributed by atoms with Gasteiger partial charge in [-0.1, -0.05) is 10.3 Å². The van der Waals surface area contributed by atoms with E-state index in [0.717, 1.165) is 0 Å². The lowest BCUT2D eigenvalue weighted by Crippen LogP contribution is -2.51. The lowest BCUT2D eigenvalue weighted by Gasteiger charge is -2.30. The fraction of sp³-hybridized carbons (Fsp3) is 0.800. The number of carboxylic acid groups (broad SMARTS) is 1. The Kier molecular flexibility index (Phi) is 12.9. The molecule has 11 heteroatoms. The molecule has 1 amide bonds. The Bertz CT molecular complexity index is 598. The predicted molar refractivity (Wildman–Crippen MR) is 120 cm³/mol. The molecule has 0 bridgehead atoms. The zero-order valence-corrected chi connectivity index (χ0v) is 19.7. The van der Waals surface area contributed by atoms with E-state index in [4.69, 9.17) is 15.5 Å². The second-order valence-corrected chi connectivity index (χ2v) is 8.56. The van der Waals surface area contributed by atoms with Crippen molar-refractivity contribution in [1.82, 2.24) is 20.9 Å². The SMILES string of the molecule is C/C(=N/O)C(C)(C)NCCN(CCNC(=O)CCC(=O)O)CCNC(C)(C)/C(C)=N\O. The van der Waals surface area contributed by atoms with Gasteiger partial charge in [0.15, 0.2) is 0 Å². The zero-order chi connectivity index (χ0) is 24.1. The van der Waals surface area contributed by atoms with Gasteiger partial charge in [0, 0.05) is 45.7 Å². The van der Waals surface area contributed by atoms with E-state index in [1.807, 2.05) is 27.7 Å². The molecular formula is C20H40N6O5. The van der Waals surface area contributed by atoms with Gasteiger partial charge >= 0.3 is 5.97 Å². The summed E-state index contributed by atoms with van der Waals surface area (Å²) < 4.78 is 0. The first-order chi connectivity index (χ1) is 14.4. The molecule has 0 rings (SSSR count). The van der Waals surface area contributed by atoms with E-state index >= 15 is 0 Å². The van der Waals surface area contributed by atoms with Crippen molar-refractivity contribution in [2.75, 3.05) is 39.3 Å². The maximum atomic E-state index is 11.7. The van der Waals surface area contributed by atoms with Gasteiger partial charge in [0.25, 0.3) is 0 Å². The quantitative estimate of drug-likeness (QED) is 0.115. The fourth-order valence-corrected chi connectivity index (χ4v) is 2.56. The van der Waals surface area contributed by atoms with Crippen molar-refractivity contribution < 1.29 is 25.1 Å². The Hall–Kier alpha value is -2.24. The van der Waals surface area contributed by atoms with Gasteiger partial charge in [0.2, 0.25) is 5.91 Å². The summed E-state index contributed by atoms with van der Waals surface area (Å²) in [4.78, 5) is 24.5. The molecule has 0 aromatic heterocycles. The monoisotopic (exact) mass is 444 g/mol. The molecule has 0 atom stereocenters. The topological polar surface area (TPSA) is 159 Å². The number of carbonyl (C=O) groups excluding carboxylic acids is 1. The Balaban J connectivity index is 4.74. The standard InChI is InChI=1S/C20H40N6O5/c1-15(24-30)19(3,4)22-10-13-26(12-9-21-17(27)7-8-18(28)29)14-11-23-20(5,6)16(2)25-31/h22-23,30-31H,7-14H2,1-6H3,(H,21,27)(H,28,29)/b24-15-,25-16-. The Morgan fingerprint density at radius 2 is 1.23 bits per heavy atom. The summed E-state index contributed by atoms with van der Waals surface area (Å²) in [7, 11) is 0. The van der Waals surface area contributed by atoms with Gasteiger partial charge < -0.3 is 31.5 Å². The van der Waals surface area contributed by atoms with Crippen molar-refractivity contribution in [3.63, 3.8) is 0 Å². The van der Waals surface area contributed by atoms with E-state index in [9.17, 15) is 9.59 Å². The molecule has 0 heterocycles. The number of carbonyl (C=O) groups is 2. The van der Waals surface area contributed by atoms with Gasteiger partial charge in [-0.15, -0.1) is 0 Å². The Labute approximate surface area is 184 Å². The van der Waals surface area contributed by atoms with Crippen molar-refractivity contribution >= 4 is 23.3 Å². The zero-order valence-electron chi connectivity index (χ0n) is 19.7. The van der Waals surface area contributed by atoms with Gasteiger partial charge in [-0.05, 0) is 41.5 Å². The highest BCUT2D eigenvalue weighted by atomic mass is 16.4. The number of oxime groups is 2. The highest BCUT2D eigenvalue weighted by Gasteiger charge is 2.23. The molecule has 0 fully saturated rings. The summed E-state index contributed by atoms with van der Waals surface area (Å²) in [5.74, 6) is -1.28. The first kappa shape index (κ1) is 28.8. The third kappa shape index (κ3) is 12.3. The van der Waals surface area contributed by atoms with E-state index in [1.165, 1.54) is 0 Å². The van der Waals surface area contributed by atoms with Crippen LogP contribution in [0.15, 0.2) is 10.3 Å². The summed E-state index contributed by atoms with van der Waals surface area (Å²) in [6, 6.07) is 0. The van der Waals surface area contributed by atoms with E-state index in [0.29, 0.717) is 50.7 Å². The molecule has 0 spiro atoms. The minimum Gasteiger partial charge on any atom is -0.481 e. The molecule has 0 aliphatic rings. The molecule has 0 radical (unpaired) electrons. The minimum atomic E-state index is -0.998. The number of aliphatic carboxylic acids is 1. The average Bonchev–Trinajstić information content (AvgIpc) is 2.70. The third-order valence-electron chi connectivity index (χ3n) is 5.42. The number of rotatable bonds is 16. The molecule has 0 aliphatic carbocycles. The highest BCUT2D eigenvalue weighted by molar-refractivity contribution is 5.90. The molecule has 0 saturated heterocycles. The summed E-state index contributed by atoms with van der Waals surface area (Å²) in [6.07, 6.45) is -0.231. The maximum absolute atomic E-state index is 11.7. The molecule has 11 nitrogen and oxygen atoms in total. The third-order valence-corrected chi connectivity index (χ3v) is 5.42. The second-order valence-electron chi connectivity index (χ2n) is 8.56. The maximum Gasteiger partial charge on any atom is 0.303 e. The van der Waals surface area contributed by atoms with Crippen LogP contribution in [0, 0.1) is 0 Å². The first-order valence-corrected chi connectivity index (χ1v) is 10.4. The number of hydrogen-bond donors (Lipinski definition) is 6. The first-order valence-electron chi connectivity index (χ1n) is 10.4. The van der Waals surface area contributed by atoms with Crippen LogP contribution >= 0.6 is 0 Å². The fourth-order valence-electron chi connectivity index (χ4n) is 2.56. The van der Waals surface area contributed by atoms with Crippen LogP contribution in [-0.2, 0) is 9.59 Å². The number of amides is 1. The number of hydrogen-bond acceptors (Lipinski definition) is 9. The van der Waals surface area contributed by atoms with Gasteiger partial charge in [-0.3, -0.25) is 14.5 Å². The van der Waals surface area contributed by atoms with Crippen molar-refractivity contribution in [3.8, 4) is 0 Å². The average molecular weight is 445 g/mol. The van der Waals surface area contributed by atoms with Crippen molar-refractivity contribution in [2.24, 2.45) is 10.3 Å². The van der Waals surface area contributed by atoms with Gasteiger partial charge in [0.05, 0.1) is 28.9 Å². The van der Waals surface area contributed by atoms with E-state index in [-0.39, 0.29) is 18.7 Å². The Morgan fingerprint density at radius 1 is 0.806 bits per heavy atom. The van der Waals surface area contributed by atoms with Crippen molar-refractivity contribution in [2.45, 2.75) is 65.5 Å². The van der Waals surface area contributed by atoms with Crippen molar-refractivity contribution in [1.29, 1.82) is 0 Å². The van der Waals surface area contributed by atoms with E-state index < -0.39 is 17.0 Å². The van der Waals surface area contributed by atoms with Crippen LogP contribution in [0.2, 0.25) is 0 Å². The molecule has 0 aromatic rings. The highest BCUT2D eigenvalue weighted by Crippen LogP contribution is 2.06. The van der Waals surface area contributed by atoms with Gasteiger partial charge in [0.1, 0.15) is 0 Å². The van der Waals surface area contributed by atoms with Gasteiger partial charge in [-0.25, -0.2) is 0 Å². The summed E-state index contributed by atoms with van der Waals surface area (Å²) >= 11 is 0. The number of nitrogens with one attached hydrogen (secondary N) is 3. The molecule has 0 aromatic carbocycles. The van der Waals surface area contributed by atoms with E-state index in [2.05, 4.69) is 31.2 Å². The second kappa shape index (κ2) is 13.9. The summed E-state index contributed by atoms with van der Waals surface area (Å²) in [6.45, 7) is 14.8. The van der Waals surface area contributed by atoms with Crippen molar-refractivity contribution in [3.05, 3.63) is 0 Å². The Morgan fingerprint density at radius 3 is 1.61 bits per heavy atom. The normalized spacial score (nSPS) is 13.5. The molecule has 0 unspecified atom stereocenters. The number of carboxylic acids is 1.